The summed E-state index contributed by atoms with van der Waals surface area (Å²) < 4.78 is 2.48. The molecule has 9 rings (SSSR count). The first-order valence-electron chi connectivity index (χ1n) is 15.0. The fraction of sp³-hybridized carbons (Fsp3) is 0. The summed E-state index contributed by atoms with van der Waals surface area (Å²) in [6.07, 6.45) is 0. The number of pyridine rings is 1. The minimum absolute atomic E-state index is 0.699. The Bertz CT molecular complexity index is 2470. The second-order valence-electron chi connectivity index (χ2n) is 11.2. The predicted molar refractivity (Wildman–Crippen MR) is 189 cm³/mol. The minimum Gasteiger partial charge on any atom is -0.247 e. The van der Waals surface area contributed by atoms with Crippen molar-refractivity contribution in [2.45, 2.75) is 0 Å². The first-order valence-corrected chi connectivity index (χ1v) is 15.9. The molecule has 210 valence electrons. The first-order chi connectivity index (χ1) is 22.3. The SMILES string of the molecule is c1ccc(-c2cc(-c3ccccc3)nc(-c3ccc4nc(-c5cccc6ccccc56)c5c6ccccc6sc5c4c3)n2)cc1. The van der Waals surface area contributed by atoms with Gasteiger partial charge in [-0.25, -0.2) is 15.0 Å². The topological polar surface area (TPSA) is 38.7 Å². The molecule has 3 heterocycles. The number of nitrogens with zero attached hydrogens (tertiary/aromatic N) is 3. The first kappa shape index (κ1) is 25.8. The van der Waals surface area contributed by atoms with Crippen molar-refractivity contribution in [3.05, 3.63) is 152 Å². The molecular formula is C41H25N3S. The molecule has 0 amide bonds. The molecule has 3 nitrogen and oxygen atoms in total. The Morgan fingerprint density at radius 3 is 1.84 bits per heavy atom. The number of hydrogen-bond donors (Lipinski definition) is 0. The number of rotatable bonds is 4. The van der Waals surface area contributed by atoms with Crippen molar-refractivity contribution in [3.8, 4) is 45.2 Å². The summed E-state index contributed by atoms with van der Waals surface area (Å²) in [4.78, 5) is 15.6. The van der Waals surface area contributed by atoms with Crippen LogP contribution in [0.2, 0.25) is 0 Å². The number of hydrogen-bond acceptors (Lipinski definition) is 4. The maximum absolute atomic E-state index is 5.38. The van der Waals surface area contributed by atoms with Crippen molar-refractivity contribution < 1.29 is 0 Å². The molecule has 0 saturated heterocycles. The fourth-order valence-electron chi connectivity index (χ4n) is 6.32. The van der Waals surface area contributed by atoms with E-state index in [-0.39, 0.29) is 0 Å². The summed E-state index contributed by atoms with van der Waals surface area (Å²) in [5.41, 5.74) is 8.03. The van der Waals surface area contributed by atoms with Crippen molar-refractivity contribution in [3.63, 3.8) is 0 Å². The maximum atomic E-state index is 5.38. The molecular weight excluding hydrogens is 567 g/mol. The van der Waals surface area contributed by atoms with Gasteiger partial charge in [-0.15, -0.1) is 11.3 Å². The summed E-state index contributed by atoms with van der Waals surface area (Å²) in [6, 6.07) is 52.9. The number of thiophene rings is 1. The molecule has 0 atom stereocenters. The molecule has 9 aromatic rings. The van der Waals surface area contributed by atoms with E-state index >= 15 is 0 Å². The maximum Gasteiger partial charge on any atom is 0.160 e. The van der Waals surface area contributed by atoms with Gasteiger partial charge in [0.05, 0.1) is 22.6 Å². The van der Waals surface area contributed by atoms with Gasteiger partial charge in [0.2, 0.25) is 0 Å². The second-order valence-corrected chi connectivity index (χ2v) is 12.3. The highest BCUT2D eigenvalue weighted by molar-refractivity contribution is 7.26. The summed E-state index contributed by atoms with van der Waals surface area (Å²) in [5.74, 6) is 0.699. The van der Waals surface area contributed by atoms with Crippen molar-refractivity contribution in [1.82, 2.24) is 15.0 Å². The van der Waals surface area contributed by atoms with Gasteiger partial charge >= 0.3 is 0 Å². The van der Waals surface area contributed by atoms with E-state index in [2.05, 4.69) is 115 Å². The van der Waals surface area contributed by atoms with Crippen LogP contribution in [0.25, 0.3) is 87.0 Å². The molecule has 0 aliphatic carbocycles. The molecule has 4 heteroatoms. The summed E-state index contributed by atoms with van der Waals surface area (Å²) in [6.45, 7) is 0. The predicted octanol–water partition coefficient (Wildman–Crippen LogP) is 11.2. The van der Waals surface area contributed by atoms with Gasteiger partial charge in [0.25, 0.3) is 0 Å². The van der Waals surface area contributed by atoms with Crippen LogP contribution >= 0.6 is 11.3 Å². The van der Waals surface area contributed by atoms with Crippen LogP contribution in [0.4, 0.5) is 0 Å². The zero-order valence-electron chi connectivity index (χ0n) is 24.2. The zero-order valence-corrected chi connectivity index (χ0v) is 25.0. The highest BCUT2D eigenvalue weighted by atomic mass is 32.1. The smallest absolute Gasteiger partial charge is 0.160 e. The molecule has 0 unspecified atom stereocenters. The van der Waals surface area contributed by atoms with Crippen LogP contribution in [0.5, 0.6) is 0 Å². The molecule has 0 bridgehead atoms. The van der Waals surface area contributed by atoms with Gasteiger partial charge in [0.15, 0.2) is 5.82 Å². The Hall–Kier alpha value is -5.71. The van der Waals surface area contributed by atoms with E-state index in [1.165, 1.54) is 30.9 Å². The van der Waals surface area contributed by atoms with Crippen LogP contribution in [-0.4, -0.2) is 15.0 Å². The number of aromatic nitrogens is 3. The standard InChI is InChI=1S/C41H25N3S/c1-3-13-27(14-4-1)35-25-36(28-15-5-2-6-16-28)44-41(43-35)29-22-23-34-33(24-29)40-38(32-19-9-10-21-37(32)45-40)39(42-34)31-20-11-17-26-12-7-8-18-30(26)31/h1-25H. The van der Waals surface area contributed by atoms with Crippen molar-refractivity contribution in [2.24, 2.45) is 0 Å². The Balaban J connectivity index is 1.31. The van der Waals surface area contributed by atoms with Crippen molar-refractivity contribution in [1.29, 1.82) is 0 Å². The molecule has 6 aromatic carbocycles. The molecule has 0 aliphatic heterocycles. The molecule has 0 spiro atoms. The van der Waals surface area contributed by atoms with Gasteiger partial charge in [0, 0.05) is 47.8 Å². The van der Waals surface area contributed by atoms with Crippen molar-refractivity contribution in [2.75, 3.05) is 0 Å². The van der Waals surface area contributed by atoms with E-state index < -0.39 is 0 Å². The molecule has 45 heavy (non-hydrogen) atoms. The van der Waals surface area contributed by atoms with Crippen LogP contribution in [0.1, 0.15) is 0 Å². The van der Waals surface area contributed by atoms with Crippen LogP contribution < -0.4 is 0 Å². The number of benzene rings is 6. The quantitative estimate of drug-likeness (QED) is 0.204. The Kier molecular flexibility index (Phi) is 6.00. The molecule has 0 aliphatic rings. The summed E-state index contributed by atoms with van der Waals surface area (Å²) >= 11 is 1.83. The third-order valence-corrected chi connectivity index (χ3v) is 9.68. The number of fused-ring (bicyclic) bond motifs is 6. The Morgan fingerprint density at radius 2 is 1.09 bits per heavy atom. The van der Waals surface area contributed by atoms with Crippen LogP contribution in [0.15, 0.2) is 152 Å². The van der Waals surface area contributed by atoms with E-state index in [1.54, 1.807) is 0 Å². The Labute approximate surface area is 264 Å². The molecule has 0 saturated carbocycles. The highest BCUT2D eigenvalue weighted by Gasteiger charge is 2.19. The van der Waals surface area contributed by atoms with Crippen molar-refractivity contribution >= 4 is 53.2 Å². The average molecular weight is 592 g/mol. The fourth-order valence-corrected chi connectivity index (χ4v) is 7.55. The largest absolute Gasteiger partial charge is 0.247 e. The van der Waals surface area contributed by atoms with Gasteiger partial charge in [-0.1, -0.05) is 121 Å². The molecule has 0 radical (unpaired) electrons. The minimum atomic E-state index is 0.699. The van der Waals surface area contributed by atoms with Gasteiger partial charge in [-0.3, -0.25) is 0 Å². The van der Waals surface area contributed by atoms with Gasteiger partial charge in [-0.2, -0.15) is 0 Å². The van der Waals surface area contributed by atoms with Crippen LogP contribution in [0.3, 0.4) is 0 Å². The van der Waals surface area contributed by atoms with E-state index in [0.29, 0.717) is 5.82 Å². The van der Waals surface area contributed by atoms with Gasteiger partial charge < -0.3 is 0 Å². The van der Waals surface area contributed by atoms with E-state index in [1.807, 2.05) is 47.7 Å². The molecule has 0 N–H and O–H groups in total. The lowest BCUT2D eigenvalue weighted by molar-refractivity contribution is 1.18. The third-order valence-electron chi connectivity index (χ3n) is 8.47. The lowest BCUT2D eigenvalue weighted by Crippen LogP contribution is -1.96. The van der Waals surface area contributed by atoms with Gasteiger partial charge in [-0.05, 0) is 41.1 Å². The van der Waals surface area contributed by atoms with E-state index in [0.717, 1.165) is 50.2 Å². The highest BCUT2D eigenvalue weighted by Crippen LogP contribution is 2.44. The van der Waals surface area contributed by atoms with Crippen LogP contribution in [0, 0.1) is 0 Å². The van der Waals surface area contributed by atoms with E-state index in [9.17, 15) is 0 Å². The van der Waals surface area contributed by atoms with E-state index in [4.69, 9.17) is 15.0 Å². The second kappa shape index (κ2) is 10.5. The lowest BCUT2D eigenvalue weighted by atomic mass is 9.97. The monoisotopic (exact) mass is 591 g/mol. The third kappa shape index (κ3) is 4.38. The van der Waals surface area contributed by atoms with Crippen LogP contribution in [-0.2, 0) is 0 Å². The molecule has 0 fully saturated rings. The average Bonchev–Trinajstić information content (AvgIpc) is 3.52. The summed E-state index contributed by atoms with van der Waals surface area (Å²) in [7, 11) is 0. The lowest BCUT2D eigenvalue weighted by Gasteiger charge is -2.12. The normalized spacial score (nSPS) is 11.6. The zero-order chi connectivity index (χ0) is 29.7. The summed E-state index contributed by atoms with van der Waals surface area (Å²) in [5, 5.41) is 5.96. The molecule has 3 aromatic heterocycles. The Morgan fingerprint density at radius 1 is 0.444 bits per heavy atom. The van der Waals surface area contributed by atoms with Gasteiger partial charge in [0.1, 0.15) is 0 Å².